The summed E-state index contributed by atoms with van der Waals surface area (Å²) in [5.41, 5.74) is 9.42. The summed E-state index contributed by atoms with van der Waals surface area (Å²) < 4.78 is 18.4. The van der Waals surface area contributed by atoms with Gasteiger partial charge in [0.1, 0.15) is 29.3 Å². The molecule has 3 heterocycles. The summed E-state index contributed by atoms with van der Waals surface area (Å²) >= 11 is 0. The van der Waals surface area contributed by atoms with Gasteiger partial charge in [-0.25, -0.2) is 14.8 Å². The topological polar surface area (TPSA) is 105 Å². The van der Waals surface area contributed by atoms with Gasteiger partial charge in [0.25, 0.3) is 0 Å². The summed E-state index contributed by atoms with van der Waals surface area (Å²) in [5.74, 6) is 8.21. The van der Waals surface area contributed by atoms with Gasteiger partial charge in [-0.2, -0.15) is 0 Å². The number of unbranched alkanes of at least 4 members (excludes halogenated alkanes) is 1. The van der Waals surface area contributed by atoms with E-state index in [0.29, 0.717) is 47.1 Å². The van der Waals surface area contributed by atoms with Crippen LogP contribution in [0.2, 0.25) is 0 Å². The molecule has 0 saturated carbocycles. The average molecular weight is 514 g/mol. The van der Waals surface area contributed by atoms with Crippen molar-refractivity contribution in [3.8, 4) is 23.3 Å². The number of amides is 1. The van der Waals surface area contributed by atoms with Crippen LogP contribution in [0.4, 0.5) is 10.6 Å². The Bertz CT molecular complexity index is 1460. The SMILES string of the molecule is CCCCOC(=O)N1CC(n2cc(C#Cc3cc(OC)cc(OC)c3)c3c(N)ncnc32)C2CC=CC=C21. The van der Waals surface area contributed by atoms with E-state index in [9.17, 15) is 4.79 Å². The smallest absolute Gasteiger partial charge is 0.414 e. The van der Waals surface area contributed by atoms with Crippen molar-refractivity contribution < 1.29 is 19.0 Å². The first-order chi connectivity index (χ1) is 18.5. The Hall–Kier alpha value is -4.45. The third-order valence-electron chi connectivity index (χ3n) is 6.95. The highest BCUT2D eigenvalue weighted by Crippen LogP contribution is 2.43. The summed E-state index contributed by atoms with van der Waals surface area (Å²) in [6, 6.07) is 5.43. The second-order valence-corrected chi connectivity index (χ2v) is 9.27. The van der Waals surface area contributed by atoms with Crippen LogP contribution in [-0.4, -0.2) is 52.9 Å². The maximum atomic E-state index is 13.0. The van der Waals surface area contributed by atoms with Crippen LogP contribution >= 0.6 is 0 Å². The molecule has 2 aromatic heterocycles. The molecule has 9 heteroatoms. The number of nitrogen functional groups attached to an aromatic ring is 1. The fraction of sp³-hybridized carbons (Fsp3) is 0.345. The van der Waals surface area contributed by atoms with Crippen LogP contribution in [0.5, 0.6) is 11.5 Å². The molecule has 9 nitrogen and oxygen atoms in total. The Morgan fingerprint density at radius 2 is 1.95 bits per heavy atom. The van der Waals surface area contributed by atoms with Crippen molar-refractivity contribution in [1.82, 2.24) is 19.4 Å². The van der Waals surface area contributed by atoms with Crippen molar-refractivity contribution in [2.45, 2.75) is 32.2 Å². The monoisotopic (exact) mass is 513 g/mol. The van der Waals surface area contributed by atoms with Gasteiger partial charge in [-0.3, -0.25) is 4.90 Å². The van der Waals surface area contributed by atoms with Crippen molar-refractivity contribution in [1.29, 1.82) is 0 Å². The molecule has 5 rings (SSSR count). The fourth-order valence-corrected chi connectivity index (χ4v) is 5.02. The van der Waals surface area contributed by atoms with Gasteiger partial charge in [0, 0.05) is 29.4 Å². The third-order valence-corrected chi connectivity index (χ3v) is 6.95. The number of benzene rings is 1. The summed E-state index contributed by atoms with van der Waals surface area (Å²) in [5, 5.41) is 0.690. The van der Waals surface area contributed by atoms with Crippen molar-refractivity contribution in [2.75, 3.05) is 33.1 Å². The quantitative estimate of drug-likeness (QED) is 0.377. The summed E-state index contributed by atoms with van der Waals surface area (Å²) in [7, 11) is 3.20. The molecule has 2 atom stereocenters. The molecule has 3 aromatic rings. The van der Waals surface area contributed by atoms with Gasteiger partial charge in [0.05, 0.1) is 44.4 Å². The maximum Gasteiger partial charge on any atom is 0.414 e. The molecular formula is C29H31N5O4. The maximum absolute atomic E-state index is 13.0. The minimum atomic E-state index is -0.315. The number of nitrogens with two attached hydrogens (primary N) is 1. The highest BCUT2D eigenvalue weighted by Gasteiger charge is 2.42. The van der Waals surface area contributed by atoms with E-state index < -0.39 is 0 Å². The standard InChI is InChI=1S/C29H31N5O4/c1-4-5-12-38-29(35)34-17-25(23-8-6-7-9-24(23)34)33-16-20(26-27(30)31-18-32-28(26)33)11-10-19-13-21(36-2)15-22(14-19)37-3/h6-7,9,13-16,18,23,25H,4-5,8,12,17H2,1-3H3,(H2,30,31,32). The molecule has 2 aliphatic rings. The van der Waals surface area contributed by atoms with E-state index in [4.69, 9.17) is 19.9 Å². The normalized spacial score (nSPS) is 18.0. The molecule has 1 saturated heterocycles. The zero-order valence-corrected chi connectivity index (χ0v) is 21.8. The number of anilines is 1. The molecule has 2 N–H and O–H groups in total. The van der Waals surface area contributed by atoms with E-state index in [-0.39, 0.29) is 18.1 Å². The second kappa shape index (κ2) is 10.9. The van der Waals surface area contributed by atoms with Gasteiger partial charge < -0.3 is 24.5 Å². The van der Waals surface area contributed by atoms with Crippen molar-refractivity contribution >= 4 is 22.9 Å². The van der Waals surface area contributed by atoms with E-state index >= 15 is 0 Å². The highest BCUT2D eigenvalue weighted by molar-refractivity contribution is 5.92. The van der Waals surface area contributed by atoms with Gasteiger partial charge in [0.15, 0.2) is 0 Å². The van der Waals surface area contributed by atoms with Gasteiger partial charge >= 0.3 is 6.09 Å². The molecule has 0 bridgehead atoms. The van der Waals surface area contributed by atoms with Crippen molar-refractivity contribution in [3.05, 3.63) is 65.8 Å². The van der Waals surface area contributed by atoms with Crippen LogP contribution in [0, 0.1) is 17.8 Å². The second-order valence-electron chi connectivity index (χ2n) is 9.27. The lowest BCUT2D eigenvalue weighted by molar-refractivity contribution is 0.115. The fourth-order valence-electron chi connectivity index (χ4n) is 5.02. The Morgan fingerprint density at radius 3 is 2.68 bits per heavy atom. The third kappa shape index (κ3) is 4.77. The minimum absolute atomic E-state index is 0.0609. The molecule has 2 unspecified atom stereocenters. The number of carbonyl (C=O) groups excluding carboxylic acids is 1. The van der Waals surface area contributed by atoms with Crippen LogP contribution in [0.15, 0.2) is 54.6 Å². The Labute approximate surface area is 221 Å². The summed E-state index contributed by atoms with van der Waals surface area (Å²) in [6.07, 6.45) is 11.8. The number of hydrogen-bond donors (Lipinski definition) is 1. The zero-order valence-electron chi connectivity index (χ0n) is 21.8. The van der Waals surface area contributed by atoms with Gasteiger partial charge in [-0.15, -0.1) is 0 Å². The number of likely N-dealkylation sites (tertiary alicyclic amines) is 1. The first kappa shape index (κ1) is 25.2. The molecular weight excluding hydrogens is 482 g/mol. The van der Waals surface area contributed by atoms with E-state index in [1.54, 1.807) is 25.2 Å². The van der Waals surface area contributed by atoms with E-state index in [1.807, 2.05) is 30.5 Å². The Balaban J connectivity index is 1.54. The van der Waals surface area contributed by atoms with E-state index in [2.05, 4.69) is 39.4 Å². The Morgan fingerprint density at radius 1 is 1.16 bits per heavy atom. The molecule has 1 amide bonds. The lowest BCUT2D eigenvalue weighted by atomic mass is 9.93. The number of aromatic nitrogens is 3. The lowest BCUT2D eigenvalue weighted by Gasteiger charge is -2.22. The van der Waals surface area contributed by atoms with Gasteiger partial charge in [0.2, 0.25) is 0 Å². The lowest BCUT2D eigenvalue weighted by Crippen LogP contribution is -2.29. The first-order valence-electron chi connectivity index (χ1n) is 12.7. The molecule has 1 fully saturated rings. The van der Waals surface area contributed by atoms with Crippen LogP contribution in [0.1, 0.15) is 43.4 Å². The predicted molar refractivity (Wildman–Crippen MR) is 145 cm³/mol. The number of methoxy groups -OCH3 is 2. The predicted octanol–water partition coefficient (Wildman–Crippen LogP) is 4.68. The molecule has 1 aromatic carbocycles. The molecule has 1 aliphatic heterocycles. The zero-order chi connectivity index (χ0) is 26.6. The molecule has 0 spiro atoms. The van der Waals surface area contributed by atoms with Crippen molar-refractivity contribution in [2.24, 2.45) is 5.92 Å². The number of rotatable bonds is 6. The van der Waals surface area contributed by atoms with Crippen LogP contribution in [0.25, 0.3) is 11.0 Å². The van der Waals surface area contributed by atoms with Gasteiger partial charge in [-0.1, -0.05) is 37.3 Å². The Kier molecular flexibility index (Phi) is 7.22. The number of carbonyl (C=O) groups is 1. The van der Waals surface area contributed by atoms with Crippen molar-refractivity contribution in [3.63, 3.8) is 0 Å². The van der Waals surface area contributed by atoms with Crippen LogP contribution in [-0.2, 0) is 4.74 Å². The van der Waals surface area contributed by atoms with E-state index in [1.165, 1.54) is 6.33 Å². The molecule has 0 radical (unpaired) electrons. The average Bonchev–Trinajstić information content (AvgIpc) is 3.51. The number of ether oxygens (including phenoxy) is 3. The summed E-state index contributed by atoms with van der Waals surface area (Å²) in [6.45, 7) is 2.95. The van der Waals surface area contributed by atoms with Crippen LogP contribution in [0.3, 0.4) is 0 Å². The minimum Gasteiger partial charge on any atom is -0.497 e. The summed E-state index contributed by atoms with van der Waals surface area (Å²) in [4.78, 5) is 23.5. The highest BCUT2D eigenvalue weighted by atomic mass is 16.6. The largest absolute Gasteiger partial charge is 0.497 e. The molecule has 1 aliphatic carbocycles. The first-order valence-corrected chi connectivity index (χ1v) is 12.7. The number of nitrogens with zero attached hydrogens (tertiary/aromatic N) is 4. The number of fused-ring (bicyclic) bond motifs is 2. The molecule has 38 heavy (non-hydrogen) atoms. The van der Waals surface area contributed by atoms with Gasteiger partial charge in [-0.05, 0) is 31.1 Å². The molecule has 196 valence electrons. The van der Waals surface area contributed by atoms with Crippen LogP contribution < -0.4 is 15.2 Å². The number of allylic oxidation sites excluding steroid dienone is 4. The number of hydrogen-bond acceptors (Lipinski definition) is 7. The van der Waals surface area contributed by atoms with E-state index in [0.717, 1.165) is 30.5 Å².